The summed E-state index contributed by atoms with van der Waals surface area (Å²) in [7, 11) is 4.54. The number of carbonyl (C=O) groups excluding carboxylic acids is 2. The lowest BCUT2D eigenvalue weighted by Crippen LogP contribution is -2.38. The largest absolute Gasteiger partial charge is 0.493 e. The highest BCUT2D eigenvalue weighted by molar-refractivity contribution is 5.79. The van der Waals surface area contributed by atoms with Crippen LogP contribution in [-0.4, -0.2) is 69.3 Å². The summed E-state index contributed by atoms with van der Waals surface area (Å²) < 4.78 is 15.4. The van der Waals surface area contributed by atoms with Crippen LogP contribution in [0.3, 0.4) is 0 Å². The van der Waals surface area contributed by atoms with Crippen LogP contribution in [0.4, 0.5) is 4.79 Å². The van der Waals surface area contributed by atoms with Crippen LogP contribution in [0.5, 0.6) is 11.5 Å². The highest BCUT2D eigenvalue weighted by Gasteiger charge is 2.23. The molecule has 1 aliphatic heterocycles. The maximum Gasteiger partial charge on any atom is 0.409 e. The molecule has 1 saturated heterocycles. The Morgan fingerprint density at radius 2 is 1.56 bits per heavy atom. The predicted octanol–water partition coefficient (Wildman–Crippen LogP) is 1.86. The first kappa shape index (κ1) is 18.9. The molecular weight excluding hydrogens is 324 g/mol. The number of hydrogen-bond acceptors (Lipinski definition) is 5. The Bertz CT molecular complexity index is 632. The average molecular weight is 350 g/mol. The minimum absolute atomic E-state index is 0.0436. The molecule has 0 aliphatic carbocycles. The van der Waals surface area contributed by atoms with Gasteiger partial charge in [-0.25, -0.2) is 4.79 Å². The minimum Gasteiger partial charge on any atom is -0.493 e. The van der Waals surface area contributed by atoms with Crippen molar-refractivity contribution in [3.05, 3.63) is 23.3 Å². The molecule has 1 aliphatic rings. The van der Waals surface area contributed by atoms with Gasteiger partial charge in [0, 0.05) is 26.2 Å². The van der Waals surface area contributed by atoms with Crippen molar-refractivity contribution in [3.63, 3.8) is 0 Å². The average Bonchev–Trinajstić information content (AvgIpc) is 2.88. The van der Waals surface area contributed by atoms with E-state index in [1.54, 1.807) is 24.0 Å². The van der Waals surface area contributed by atoms with Crippen molar-refractivity contribution in [2.45, 2.75) is 19.8 Å². The van der Waals surface area contributed by atoms with Gasteiger partial charge in [-0.2, -0.15) is 0 Å². The third-order valence-electron chi connectivity index (χ3n) is 4.47. The normalized spacial score (nSPS) is 14.7. The van der Waals surface area contributed by atoms with E-state index in [0.29, 0.717) is 44.1 Å². The summed E-state index contributed by atoms with van der Waals surface area (Å²) in [5, 5.41) is 0. The number of ether oxygens (including phenoxy) is 3. The summed E-state index contributed by atoms with van der Waals surface area (Å²) in [4.78, 5) is 27.8. The quantitative estimate of drug-likeness (QED) is 0.829. The molecule has 0 spiro atoms. The number of carbonyl (C=O) groups is 2. The second-order valence-electron chi connectivity index (χ2n) is 6.00. The second-order valence-corrected chi connectivity index (χ2v) is 6.00. The SMILES string of the molecule is COC(=O)N1CCCN(C(=O)Cc2cc(OC)c(OC)cc2C)CC1. The Morgan fingerprint density at radius 1 is 0.960 bits per heavy atom. The zero-order chi connectivity index (χ0) is 18.4. The smallest absolute Gasteiger partial charge is 0.409 e. The zero-order valence-corrected chi connectivity index (χ0v) is 15.3. The molecule has 0 saturated carbocycles. The highest BCUT2D eigenvalue weighted by Crippen LogP contribution is 2.30. The van der Waals surface area contributed by atoms with Gasteiger partial charge in [0.2, 0.25) is 5.91 Å². The maximum atomic E-state index is 12.7. The lowest BCUT2D eigenvalue weighted by Gasteiger charge is -2.22. The fourth-order valence-electron chi connectivity index (χ4n) is 2.97. The van der Waals surface area contributed by atoms with E-state index in [-0.39, 0.29) is 12.0 Å². The molecule has 1 aromatic carbocycles. The summed E-state index contributed by atoms with van der Waals surface area (Å²) in [5.41, 5.74) is 1.90. The molecule has 0 unspecified atom stereocenters. The minimum atomic E-state index is -0.343. The van der Waals surface area contributed by atoms with E-state index in [9.17, 15) is 9.59 Å². The molecule has 25 heavy (non-hydrogen) atoms. The Labute approximate surface area is 148 Å². The van der Waals surface area contributed by atoms with Crippen LogP contribution in [-0.2, 0) is 16.0 Å². The highest BCUT2D eigenvalue weighted by atomic mass is 16.5. The fourth-order valence-corrected chi connectivity index (χ4v) is 2.97. The van der Waals surface area contributed by atoms with Crippen molar-refractivity contribution in [1.29, 1.82) is 0 Å². The number of hydrogen-bond donors (Lipinski definition) is 0. The number of methoxy groups -OCH3 is 3. The van der Waals surface area contributed by atoms with Gasteiger partial charge in [-0.3, -0.25) is 4.79 Å². The van der Waals surface area contributed by atoms with Crippen molar-refractivity contribution in [2.75, 3.05) is 47.5 Å². The van der Waals surface area contributed by atoms with Gasteiger partial charge in [0.25, 0.3) is 0 Å². The van der Waals surface area contributed by atoms with Crippen LogP contribution in [0.2, 0.25) is 0 Å². The van der Waals surface area contributed by atoms with Crippen LogP contribution in [0.15, 0.2) is 12.1 Å². The van der Waals surface area contributed by atoms with E-state index in [0.717, 1.165) is 17.5 Å². The number of rotatable bonds is 4. The lowest BCUT2D eigenvalue weighted by atomic mass is 10.0. The molecule has 7 nitrogen and oxygen atoms in total. The van der Waals surface area contributed by atoms with Crippen molar-refractivity contribution in [1.82, 2.24) is 9.80 Å². The van der Waals surface area contributed by atoms with E-state index < -0.39 is 0 Å². The van der Waals surface area contributed by atoms with Crippen molar-refractivity contribution in [3.8, 4) is 11.5 Å². The summed E-state index contributed by atoms with van der Waals surface area (Å²) in [5.74, 6) is 1.31. The first-order chi connectivity index (χ1) is 12.0. The third kappa shape index (κ3) is 4.55. The first-order valence-corrected chi connectivity index (χ1v) is 8.32. The topological polar surface area (TPSA) is 68.3 Å². The van der Waals surface area contributed by atoms with Gasteiger partial charge in [-0.05, 0) is 36.6 Å². The van der Waals surface area contributed by atoms with Crippen molar-refractivity contribution >= 4 is 12.0 Å². The molecule has 2 amide bonds. The van der Waals surface area contributed by atoms with Crippen molar-refractivity contribution < 1.29 is 23.8 Å². The van der Waals surface area contributed by atoms with Crippen LogP contribution in [0.1, 0.15) is 17.5 Å². The van der Waals surface area contributed by atoms with Gasteiger partial charge < -0.3 is 24.0 Å². The van der Waals surface area contributed by atoms with Crippen LogP contribution in [0.25, 0.3) is 0 Å². The number of aryl methyl sites for hydroxylation is 1. The Morgan fingerprint density at radius 3 is 2.20 bits per heavy atom. The van der Waals surface area contributed by atoms with E-state index in [4.69, 9.17) is 14.2 Å². The molecule has 1 aromatic rings. The van der Waals surface area contributed by atoms with Gasteiger partial charge >= 0.3 is 6.09 Å². The monoisotopic (exact) mass is 350 g/mol. The van der Waals surface area contributed by atoms with Crippen LogP contribution in [0, 0.1) is 6.92 Å². The van der Waals surface area contributed by atoms with Gasteiger partial charge in [0.05, 0.1) is 27.8 Å². The molecule has 0 N–H and O–H groups in total. The van der Waals surface area contributed by atoms with Gasteiger partial charge in [0.15, 0.2) is 11.5 Å². The second kappa shape index (κ2) is 8.60. The summed E-state index contributed by atoms with van der Waals surface area (Å²) in [6.07, 6.45) is 0.695. The van der Waals surface area contributed by atoms with E-state index >= 15 is 0 Å². The van der Waals surface area contributed by atoms with E-state index in [1.165, 1.54) is 7.11 Å². The van der Waals surface area contributed by atoms with E-state index in [1.807, 2.05) is 19.1 Å². The molecule has 138 valence electrons. The van der Waals surface area contributed by atoms with E-state index in [2.05, 4.69) is 0 Å². The molecule has 0 bridgehead atoms. The summed E-state index contributed by atoms with van der Waals surface area (Å²) >= 11 is 0. The molecular formula is C18H26N2O5. The lowest BCUT2D eigenvalue weighted by molar-refractivity contribution is -0.130. The first-order valence-electron chi connectivity index (χ1n) is 8.32. The number of benzene rings is 1. The molecule has 2 rings (SSSR count). The standard InChI is InChI=1S/C18H26N2O5/c1-13-10-15(23-2)16(24-3)11-14(13)12-17(21)19-6-5-7-20(9-8-19)18(22)25-4/h10-11H,5-9,12H2,1-4H3. The summed E-state index contributed by atoms with van der Waals surface area (Å²) in [6, 6.07) is 3.73. The summed E-state index contributed by atoms with van der Waals surface area (Å²) in [6.45, 7) is 4.19. The zero-order valence-electron chi connectivity index (χ0n) is 15.3. The Kier molecular flexibility index (Phi) is 6.50. The van der Waals surface area contributed by atoms with Gasteiger partial charge in [0.1, 0.15) is 0 Å². The molecule has 0 atom stereocenters. The molecule has 1 heterocycles. The fraction of sp³-hybridized carbons (Fsp3) is 0.556. The third-order valence-corrected chi connectivity index (χ3v) is 4.47. The molecule has 0 radical (unpaired) electrons. The van der Waals surface area contributed by atoms with Crippen LogP contribution >= 0.6 is 0 Å². The number of amides is 2. The maximum absolute atomic E-state index is 12.7. The number of nitrogens with zero attached hydrogens (tertiary/aromatic N) is 2. The van der Waals surface area contributed by atoms with Gasteiger partial charge in [-0.1, -0.05) is 0 Å². The van der Waals surface area contributed by atoms with Crippen LogP contribution < -0.4 is 9.47 Å². The Hall–Kier alpha value is -2.44. The molecule has 7 heteroatoms. The molecule has 1 fully saturated rings. The predicted molar refractivity (Wildman–Crippen MR) is 93.2 cm³/mol. The van der Waals surface area contributed by atoms with Crippen molar-refractivity contribution in [2.24, 2.45) is 0 Å². The van der Waals surface area contributed by atoms with Gasteiger partial charge in [-0.15, -0.1) is 0 Å². The molecule has 0 aromatic heterocycles. The Balaban J connectivity index is 2.06.